The Labute approximate surface area is 131 Å². The zero-order valence-corrected chi connectivity index (χ0v) is 13.0. The van der Waals surface area contributed by atoms with Crippen LogP contribution in [0.25, 0.3) is 0 Å². The van der Waals surface area contributed by atoms with Gasteiger partial charge in [0.05, 0.1) is 30.8 Å². The lowest BCUT2D eigenvalue weighted by Gasteiger charge is -2.12. The summed E-state index contributed by atoms with van der Waals surface area (Å²) in [6.07, 6.45) is -0.142. The van der Waals surface area contributed by atoms with Gasteiger partial charge in [-0.2, -0.15) is 0 Å². The molecule has 22 heavy (non-hydrogen) atoms. The monoisotopic (exact) mass is 320 g/mol. The lowest BCUT2D eigenvalue weighted by molar-refractivity contribution is -0.136. The highest BCUT2D eigenvalue weighted by Crippen LogP contribution is 2.26. The second-order valence-electron chi connectivity index (χ2n) is 4.66. The van der Waals surface area contributed by atoms with Gasteiger partial charge in [-0.3, -0.25) is 9.59 Å². The molecule has 6 nitrogen and oxygen atoms in total. The van der Waals surface area contributed by atoms with E-state index < -0.39 is 11.9 Å². The predicted octanol–water partition coefficient (Wildman–Crippen LogP) is 2.52. The highest BCUT2D eigenvalue weighted by Gasteiger charge is 2.20. The molecule has 2 N–H and O–H groups in total. The number of carbonyl (C=O) groups excluding carboxylic acids is 1. The number of anilines is 1. The quantitative estimate of drug-likeness (QED) is 0.854. The van der Waals surface area contributed by atoms with Crippen LogP contribution in [0.15, 0.2) is 29.6 Å². The van der Waals surface area contributed by atoms with Crippen molar-refractivity contribution in [1.29, 1.82) is 0 Å². The molecule has 0 bridgehead atoms. The number of nitrogens with zero attached hydrogens (tertiary/aromatic N) is 1. The van der Waals surface area contributed by atoms with Crippen molar-refractivity contribution >= 4 is 28.9 Å². The van der Waals surface area contributed by atoms with Gasteiger partial charge in [0.1, 0.15) is 10.8 Å². The fourth-order valence-electron chi connectivity index (χ4n) is 1.86. The smallest absolute Gasteiger partial charge is 0.309 e. The van der Waals surface area contributed by atoms with Crippen molar-refractivity contribution < 1.29 is 19.4 Å². The second kappa shape index (κ2) is 7.04. The molecule has 0 aliphatic rings. The van der Waals surface area contributed by atoms with Crippen LogP contribution in [0.3, 0.4) is 0 Å². The van der Waals surface area contributed by atoms with Crippen LogP contribution >= 0.6 is 11.3 Å². The zero-order valence-electron chi connectivity index (χ0n) is 12.2. The van der Waals surface area contributed by atoms with E-state index in [0.29, 0.717) is 22.1 Å². The van der Waals surface area contributed by atoms with Crippen molar-refractivity contribution in [2.75, 3.05) is 12.4 Å². The number of aromatic nitrogens is 1. The standard InChI is InChI=1S/C15H16N2O4S/c1-9(15-16-10(8-22-15)7-13(18)19)14(20)17-11-5-3-4-6-12(11)21-2/h3-6,8-9H,7H2,1-2H3,(H,17,20)(H,18,19). The van der Waals surface area contributed by atoms with E-state index in [4.69, 9.17) is 9.84 Å². The molecule has 1 aromatic heterocycles. The summed E-state index contributed by atoms with van der Waals surface area (Å²) in [6.45, 7) is 1.73. The number of amides is 1. The number of methoxy groups -OCH3 is 1. The van der Waals surface area contributed by atoms with Crippen LogP contribution in [0, 0.1) is 0 Å². The van der Waals surface area contributed by atoms with Crippen molar-refractivity contribution in [3.63, 3.8) is 0 Å². The van der Waals surface area contributed by atoms with Gasteiger partial charge in [0.25, 0.3) is 0 Å². The Kier molecular flexibility index (Phi) is 5.11. The first kappa shape index (κ1) is 16.0. The highest BCUT2D eigenvalue weighted by atomic mass is 32.1. The third-order valence-corrected chi connectivity index (χ3v) is 4.11. The van der Waals surface area contributed by atoms with Crippen LogP contribution in [0.4, 0.5) is 5.69 Å². The molecule has 2 aromatic rings. The summed E-state index contributed by atoms with van der Waals surface area (Å²) in [5, 5.41) is 13.8. The molecule has 0 spiro atoms. The molecule has 0 aliphatic carbocycles. The van der Waals surface area contributed by atoms with Gasteiger partial charge in [0.2, 0.25) is 5.91 Å². The minimum Gasteiger partial charge on any atom is -0.495 e. The number of carbonyl (C=O) groups is 2. The molecule has 0 radical (unpaired) electrons. The first-order chi connectivity index (χ1) is 10.5. The minimum absolute atomic E-state index is 0.142. The summed E-state index contributed by atoms with van der Waals surface area (Å²) in [4.78, 5) is 27.2. The van der Waals surface area contributed by atoms with Crippen LogP contribution in [-0.2, 0) is 16.0 Å². The number of para-hydroxylation sites is 2. The van der Waals surface area contributed by atoms with Gasteiger partial charge in [-0.1, -0.05) is 12.1 Å². The number of carboxylic acids is 1. The predicted molar refractivity (Wildman–Crippen MR) is 83.5 cm³/mol. The molecule has 116 valence electrons. The van der Waals surface area contributed by atoms with Gasteiger partial charge in [-0.15, -0.1) is 11.3 Å². The summed E-state index contributed by atoms with van der Waals surface area (Å²) in [6, 6.07) is 7.13. The number of ether oxygens (including phenoxy) is 1. The molecule has 1 aromatic carbocycles. The van der Waals surface area contributed by atoms with E-state index >= 15 is 0 Å². The molecule has 0 aliphatic heterocycles. The molecule has 0 fully saturated rings. The molecule has 0 saturated carbocycles. The Morgan fingerprint density at radius 1 is 1.41 bits per heavy atom. The molecule has 1 unspecified atom stereocenters. The normalized spacial score (nSPS) is 11.7. The van der Waals surface area contributed by atoms with Gasteiger partial charge >= 0.3 is 5.97 Å². The Bertz CT molecular complexity index is 684. The van der Waals surface area contributed by atoms with E-state index in [1.54, 1.807) is 30.5 Å². The number of carboxylic acid groups (broad SMARTS) is 1. The van der Waals surface area contributed by atoms with Gasteiger partial charge in [0, 0.05) is 5.38 Å². The summed E-state index contributed by atoms with van der Waals surface area (Å²) >= 11 is 1.28. The van der Waals surface area contributed by atoms with Crippen LogP contribution in [0.1, 0.15) is 23.5 Å². The van der Waals surface area contributed by atoms with E-state index in [9.17, 15) is 9.59 Å². The van der Waals surface area contributed by atoms with Gasteiger partial charge in [-0.25, -0.2) is 4.98 Å². The number of hydrogen-bond acceptors (Lipinski definition) is 5. The maximum absolute atomic E-state index is 12.3. The Balaban J connectivity index is 2.08. The fraction of sp³-hybridized carbons (Fsp3) is 0.267. The Morgan fingerprint density at radius 3 is 2.82 bits per heavy atom. The number of hydrogen-bond donors (Lipinski definition) is 2. The lowest BCUT2D eigenvalue weighted by atomic mass is 10.1. The lowest BCUT2D eigenvalue weighted by Crippen LogP contribution is -2.19. The van der Waals surface area contributed by atoms with E-state index in [2.05, 4.69) is 10.3 Å². The molecular weight excluding hydrogens is 304 g/mol. The summed E-state index contributed by atoms with van der Waals surface area (Å²) in [7, 11) is 1.54. The highest BCUT2D eigenvalue weighted by molar-refractivity contribution is 7.09. The second-order valence-corrected chi connectivity index (χ2v) is 5.55. The van der Waals surface area contributed by atoms with Crippen LogP contribution in [0.5, 0.6) is 5.75 Å². The van der Waals surface area contributed by atoms with E-state index in [-0.39, 0.29) is 12.3 Å². The molecule has 1 atom stereocenters. The first-order valence-corrected chi connectivity index (χ1v) is 7.49. The maximum atomic E-state index is 12.3. The first-order valence-electron chi connectivity index (χ1n) is 6.61. The van der Waals surface area contributed by atoms with E-state index in [0.717, 1.165) is 0 Å². The SMILES string of the molecule is COc1ccccc1NC(=O)C(C)c1nc(CC(=O)O)cs1. The van der Waals surface area contributed by atoms with Crippen LogP contribution < -0.4 is 10.1 Å². The van der Waals surface area contributed by atoms with E-state index in [1.807, 2.05) is 6.07 Å². The van der Waals surface area contributed by atoms with Gasteiger partial charge in [-0.05, 0) is 19.1 Å². The van der Waals surface area contributed by atoms with Crippen molar-refractivity contribution in [2.24, 2.45) is 0 Å². The molecule has 2 rings (SSSR count). The van der Waals surface area contributed by atoms with Crippen LogP contribution in [0.2, 0.25) is 0 Å². The van der Waals surface area contributed by atoms with Crippen LogP contribution in [-0.4, -0.2) is 29.1 Å². The van der Waals surface area contributed by atoms with E-state index in [1.165, 1.54) is 18.4 Å². The van der Waals surface area contributed by atoms with Gasteiger partial charge < -0.3 is 15.2 Å². The summed E-state index contributed by atoms with van der Waals surface area (Å²) < 4.78 is 5.19. The number of nitrogens with one attached hydrogen (secondary N) is 1. The summed E-state index contributed by atoms with van der Waals surface area (Å²) in [5.41, 5.74) is 1.05. The molecular formula is C15H16N2O4S. The average molecular weight is 320 g/mol. The van der Waals surface area contributed by atoms with Crippen molar-refractivity contribution in [3.05, 3.63) is 40.3 Å². The Morgan fingerprint density at radius 2 is 2.14 bits per heavy atom. The van der Waals surface area contributed by atoms with Gasteiger partial charge in [0.15, 0.2) is 0 Å². The Hall–Kier alpha value is -2.41. The number of thiazole rings is 1. The fourth-order valence-corrected chi connectivity index (χ4v) is 2.73. The topological polar surface area (TPSA) is 88.5 Å². The third-order valence-electron chi connectivity index (χ3n) is 3.03. The summed E-state index contributed by atoms with van der Waals surface area (Å²) in [5.74, 6) is -1.06. The molecule has 1 heterocycles. The van der Waals surface area contributed by atoms with Crippen molar-refractivity contribution in [2.45, 2.75) is 19.3 Å². The van der Waals surface area contributed by atoms with Crippen molar-refractivity contribution in [1.82, 2.24) is 4.98 Å². The largest absolute Gasteiger partial charge is 0.495 e. The number of rotatable bonds is 6. The van der Waals surface area contributed by atoms with Crippen molar-refractivity contribution in [3.8, 4) is 5.75 Å². The molecule has 7 heteroatoms. The average Bonchev–Trinajstić information content (AvgIpc) is 2.94. The number of aliphatic carboxylic acids is 1. The third kappa shape index (κ3) is 3.82. The maximum Gasteiger partial charge on any atom is 0.309 e. The molecule has 0 saturated heterocycles. The molecule has 1 amide bonds. The minimum atomic E-state index is -0.942. The number of benzene rings is 1. The zero-order chi connectivity index (χ0) is 16.1.